The summed E-state index contributed by atoms with van der Waals surface area (Å²) in [5.74, 6) is -0.373. The van der Waals surface area contributed by atoms with Crippen molar-refractivity contribution in [3.05, 3.63) is 59.3 Å². The van der Waals surface area contributed by atoms with Gasteiger partial charge in [-0.2, -0.15) is 26.3 Å². The van der Waals surface area contributed by atoms with E-state index in [0.29, 0.717) is 6.20 Å². The Morgan fingerprint density at radius 2 is 1.42 bits per heavy atom. The topological polar surface area (TPSA) is 54.0 Å². The lowest BCUT2D eigenvalue weighted by molar-refractivity contribution is -0.138. The van der Waals surface area contributed by atoms with E-state index in [9.17, 15) is 31.1 Å². The van der Waals surface area contributed by atoms with Gasteiger partial charge >= 0.3 is 12.4 Å². The van der Waals surface area contributed by atoms with Crippen LogP contribution < -0.4 is 10.6 Å². The number of nitrogens with zero attached hydrogens (tertiary/aromatic N) is 1. The van der Waals surface area contributed by atoms with E-state index in [4.69, 9.17) is 0 Å². The van der Waals surface area contributed by atoms with E-state index >= 15 is 0 Å². The van der Waals surface area contributed by atoms with Gasteiger partial charge in [0.05, 0.1) is 11.1 Å². The molecule has 0 aliphatic carbocycles. The minimum absolute atomic E-state index is 0.0608. The number of aromatic nitrogens is 1. The summed E-state index contributed by atoms with van der Waals surface area (Å²) in [6, 6.07) is 5.75. The number of hydrogen-bond donors (Lipinski definition) is 2. The Hall–Kier alpha value is -2.78. The molecular formula is C16H13F6N3O. The molecule has 1 heterocycles. The van der Waals surface area contributed by atoms with Gasteiger partial charge in [-0.25, -0.2) is 4.98 Å². The summed E-state index contributed by atoms with van der Waals surface area (Å²) >= 11 is 0. The van der Waals surface area contributed by atoms with Crippen LogP contribution in [-0.2, 0) is 12.4 Å². The fourth-order valence-electron chi connectivity index (χ4n) is 1.95. The number of rotatable bonds is 5. The van der Waals surface area contributed by atoms with E-state index in [1.165, 1.54) is 0 Å². The highest BCUT2D eigenvalue weighted by Crippen LogP contribution is 2.29. The van der Waals surface area contributed by atoms with Gasteiger partial charge in [-0.05, 0) is 36.4 Å². The van der Waals surface area contributed by atoms with E-state index in [1.807, 2.05) is 0 Å². The smallest absolute Gasteiger partial charge is 0.368 e. The van der Waals surface area contributed by atoms with Crippen LogP contribution in [0.1, 0.15) is 21.5 Å². The Bertz CT molecular complexity index is 739. The second kappa shape index (κ2) is 7.63. The number of alkyl halides is 6. The summed E-state index contributed by atoms with van der Waals surface area (Å²) < 4.78 is 74.5. The molecule has 0 aliphatic rings. The number of hydrogen-bond acceptors (Lipinski definition) is 3. The first-order valence-corrected chi connectivity index (χ1v) is 7.30. The molecule has 2 N–H and O–H groups in total. The molecule has 2 rings (SSSR count). The monoisotopic (exact) mass is 377 g/mol. The van der Waals surface area contributed by atoms with Crippen LogP contribution in [0.25, 0.3) is 0 Å². The largest absolute Gasteiger partial charge is 0.417 e. The molecule has 2 aromatic rings. The fourth-order valence-corrected chi connectivity index (χ4v) is 1.95. The van der Waals surface area contributed by atoms with Gasteiger partial charge in [0.1, 0.15) is 5.82 Å². The average Bonchev–Trinajstić information content (AvgIpc) is 2.57. The van der Waals surface area contributed by atoms with E-state index in [2.05, 4.69) is 15.6 Å². The number of nitrogens with one attached hydrogen (secondary N) is 2. The van der Waals surface area contributed by atoms with Crippen molar-refractivity contribution < 1.29 is 31.1 Å². The molecule has 0 saturated heterocycles. The molecule has 140 valence electrons. The second-order valence-corrected chi connectivity index (χ2v) is 5.19. The van der Waals surface area contributed by atoms with Crippen molar-refractivity contribution in [1.82, 2.24) is 10.3 Å². The van der Waals surface area contributed by atoms with E-state index in [1.54, 1.807) is 0 Å². The summed E-state index contributed by atoms with van der Waals surface area (Å²) in [6.07, 6.45) is -8.27. The average molecular weight is 377 g/mol. The van der Waals surface area contributed by atoms with Crippen LogP contribution in [0.3, 0.4) is 0 Å². The highest BCUT2D eigenvalue weighted by molar-refractivity contribution is 5.94. The first-order valence-electron chi connectivity index (χ1n) is 7.30. The maximum absolute atomic E-state index is 12.4. The van der Waals surface area contributed by atoms with Gasteiger partial charge in [0.25, 0.3) is 5.91 Å². The Balaban J connectivity index is 1.80. The lowest BCUT2D eigenvalue weighted by atomic mass is 10.1. The molecule has 10 heteroatoms. The molecule has 1 aromatic heterocycles. The first-order chi connectivity index (χ1) is 12.1. The number of carbonyl (C=O) groups is 1. The van der Waals surface area contributed by atoms with Crippen LogP contribution >= 0.6 is 0 Å². The highest BCUT2D eigenvalue weighted by Gasteiger charge is 2.31. The zero-order valence-corrected chi connectivity index (χ0v) is 13.1. The summed E-state index contributed by atoms with van der Waals surface area (Å²) in [7, 11) is 0. The van der Waals surface area contributed by atoms with Crippen molar-refractivity contribution in [2.24, 2.45) is 0 Å². The molecule has 0 fully saturated rings. The van der Waals surface area contributed by atoms with Gasteiger partial charge in [0.15, 0.2) is 0 Å². The number of anilines is 1. The van der Waals surface area contributed by atoms with Crippen LogP contribution in [0.2, 0.25) is 0 Å². The van der Waals surface area contributed by atoms with E-state index < -0.39 is 29.4 Å². The van der Waals surface area contributed by atoms with Crippen molar-refractivity contribution in [2.45, 2.75) is 12.4 Å². The van der Waals surface area contributed by atoms with Gasteiger partial charge < -0.3 is 10.6 Å². The third-order valence-electron chi connectivity index (χ3n) is 3.28. The Labute approximate surface area is 144 Å². The zero-order chi connectivity index (χ0) is 19.4. The molecule has 0 saturated carbocycles. The molecule has 26 heavy (non-hydrogen) atoms. The van der Waals surface area contributed by atoms with Crippen molar-refractivity contribution in [3.8, 4) is 0 Å². The molecule has 4 nitrogen and oxygen atoms in total. The van der Waals surface area contributed by atoms with Gasteiger partial charge in [0.2, 0.25) is 0 Å². The van der Waals surface area contributed by atoms with Gasteiger partial charge in [-0.15, -0.1) is 0 Å². The number of carbonyl (C=O) groups excluding carboxylic acids is 1. The Kier molecular flexibility index (Phi) is 5.73. The molecule has 1 aromatic carbocycles. The van der Waals surface area contributed by atoms with Crippen LogP contribution in [0.4, 0.5) is 32.2 Å². The standard InChI is InChI=1S/C16H13F6N3O/c17-15(18,19)11-3-1-10(2-4-11)14(26)24-8-7-23-13-6-5-12(9-25-13)16(20,21)22/h1-6,9H,7-8H2,(H,23,25)(H,24,26). The minimum Gasteiger partial charge on any atom is -0.368 e. The quantitative estimate of drug-likeness (QED) is 0.613. The molecule has 0 spiro atoms. The summed E-state index contributed by atoms with van der Waals surface area (Å²) in [4.78, 5) is 15.4. The molecule has 1 amide bonds. The van der Waals surface area contributed by atoms with Gasteiger partial charge in [-0.3, -0.25) is 4.79 Å². The zero-order valence-electron chi connectivity index (χ0n) is 13.1. The fraction of sp³-hybridized carbons (Fsp3) is 0.250. The van der Waals surface area contributed by atoms with Crippen molar-refractivity contribution >= 4 is 11.7 Å². The Morgan fingerprint density at radius 1 is 0.846 bits per heavy atom. The highest BCUT2D eigenvalue weighted by atomic mass is 19.4. The summed E-state index contributed by atoms with van der Waals surface area (Å²) in [5.41, 5.74) is -1.67. The summed E-state index contributed by atoms with van der Waals surface area (Å²) in [6.45, 7) is 0.271. The molecule has 0 bridgehead atoms. The predicted molar refractivity (Wildman–Crippen MR) is 81.5 cm³/mol. The van der Waals surface area contributed by atoms with Gasteiger partial charge in [-0.1, -0.05) is 0 Å². The van der Waals surface area contributed by atoms with Crippen LogP contribution in [0.5, 0.6) is 0 Å². The predicted octanol–water partition coefficient (Wildman–Crippen LogP) is 3.96. The molecular weight excluding hydrogens is 364 g/mol. The normalized spacial score (nSPS) is 11.9. The maximum Gasteiger partial charge on any atom is 0.417 e. The van der Waals surface area contributed by atoms with Crippen molar-refractivity contribution in [2.75, 3.05) is 18.4 Å². The minimum atomic E-state index is -4.48. The second-order valence-electron chi connectivity index (χ2n) is 5.19. The van der Waals surface area contributed by atoms with Crippen LogP contribution in [-0.4, -0.2) is 24.0 Å². The lowest BCUT2D eigenvalue weighted by Crippen LogP contribution is -2.29. The third-order valence-corrected chi connectivity index (χ3v) is 3.28. The first kappa shape index (κ1) is 19.5. The Morgan fingerprint density at radius 3 is 1.92 bits per heavy atom. The van der Waals surface area contributed by atoms with Gasteiger partial charge in [0, 0.05) is 24.8 Å². The van der Waals surface area contributed by atoms with E-state index in [0.717, 1.165) is 36.4 Å². The lowest BCUT2D eigenvalue weighted by Gasteiger charge is -2.10. The van der Waals surface area contributed by atoms with Crippen LogP contribution in [0, 0.1) is 0 Å². The third kappa shape index (κ3) is 5.36. The summed E-state index contributed by atoms with van der Waals surface area (Å²) in [5, 5.41) is 5.19. The molecule has 0 unspecified atom stereocenters. The SMILES string of the molecule is O=C(NCCNc1ccc(C(F)(F)F)cn1)c1ccc(C(F)(F)F)cc1. The van der Waals surface area contributed by atoms with E-state index in [-0.39, 0.29) is 24.5 Å². The number of benzene rings is 1. The molecule has 0 aliphatic heterocycles. The number of halogens is 6. The van der Waals surface area contributed by atoms with Crippen molar-refractivity contribution in [1.29, 1.82) is 0 Å². The maximum atomic E-state index is 12.4. The van der Waals surface area contributed by atoms with Crippen molar-refractivity contribution in [3.63, 3.8) is 0 Å². The molecule has 0 atom stereocenters. The molecule has 0 radical (unpaired) electrons. The van der Waals surface area contributed by atoms with Crippen LogP contribution in [0.15, 0.2) is 42.6 Å². The number of amides is 1. The number of pyridine rings is 1.